The van der Waals surface area contributed by atoms with Crippen LogP contribution < -0.4 is 0 Å². The van der Waals surface area contributed by atoms with Crippen LogP contribution in [0.25, 0.3) is 98.8 Å². The number of fused-ring (bicyclic) bond motifs is 7. The van der Waals surface area contributed by atoms with Gasteiger partial charge in [0.2, 0.25) is 0 Å². The van der Waals surface area contributed by atoms with Gasteiger partial charge in [-0.1, -0.05) is 163 Å². The average molecular weight is 645 g/mol. The van der Waals surface area contributed by atoms with Crippen LogP contribution in [0.3, 0.4) is 0 Å². The van der Waals surface area contributed by atoms with E-state index in [9.17, 15) is 9.60 Å². The Morgan fingerprint density at radius 2 is 0.918 bits per heavy atom. The number of rotatable bonds is 4. The molecule has 0 saturated carbocycles. The molecule has 9 aromatic carbocycles. The largest absolute Gasteiger partial charge is 0.455 e. The molecule has 0 unspecified atom stereocenters. The highest BCUT2D eigenvalue weighted by atomic mass is 16.3. The molecule has 0 radical (unpaired) electrons. The zero-order chi connectivity index (χ0) is 51.5. The molecule has 0 aliphatic heterocycles. The van der Waals surface area contributed by atoms with E-state index in [0.717, 1.165) is 0 Å². The van der Waals surface area contributed by atoms with Gasteiger partial charge in [0.1, 0.15) is 11.2 Å². The molecular formula is C48H30O. The molecule has 228 valence electrons. The van der Waals surface area contributed by atoms with Crippen LogP contribution in [-0.2, 0) is 0 Å². The Labute approximate surface area is 315 Å². The van der Waals surface area contributed by atoms with Crippen molar-refractivity contribution in [1.82, 2.24) is 0 Å². The van der Waals surface area contributed by atoms with E-state index in [2.05, 4.69) is 0 Å². The first kappa shape index (κ1) is 13.6. The van der Waals surface area contributed by atoms with Crippen LogP contribution >= 0.6 is 0 Å². The van der Waals surface area contributed by atoms with E-state index in [-0.39, 0.29) is 76.5 Å². The highest BCUT2D eigenvalue weighted by Gasteiger charge is 2.20. The number of hydrogen-bond donors (Lipinski definition) is 0. The Kier molecular flexibility index (Phi) is 3.07. The van der Waals surface area contributed by atoms with Crippen LogP contribution in [0.2, 0.25) is 0 Å². The summed E-state index contributed by atoms with van der Waals surface area (Å²) in [6.45, 7) is 0. The number of hydrogen-bond acceptors (Lipinski definition) is 1. The maximum atomic E-state index is 9.72. The molecule has 0 aliphatic carbocycles. The molecule has 0 fully saturated rings. The fourth-order valence-corrected chi connectivity index (χ4v) is 6.32. The molecule has 10 aromatic rings. The second-order valence-electron chi connectivity index (χ2n) is 11.1. The zero-order valence-electron chi connectivity index (χ0n) is 47.0. The summed E-state index contributed by atoms with van der Waals surface area (Å²) in [5.74, 6) is 0. The van der Waals surface area contributed by atoms with Crippen LogP contribution in [0.5, 0.6) is 0 Å². The molecule has 1 nitrogen and oxygen atoms in total. The minimum absolute atomic E-state index is 0.102. The summed E-state index contributed by atoms with van der Waals surface area (Å²) in [5, 5.41) is 0.0467. The molecule has 0 atom stereocenters. The molecule has 0 aliphatic rings. The lowest BCUT2D eigenvalue weighted by molar-refractivity contribution is 0.673. The van der Waals surface area contributed by atoms with Gasteiger partial charge in [-0.3, -0.25) is 0 Å². The van der Waals surface area contributed by atoms with Gasteiger partial charge in [0.15, 0.2) is 0 Å². The van der Waals surface area contributed by atoms with E-state index in [1.807, 2.05) is 0 Å². The van der Waals surface area contributed by atoms with Crippen molar-refractivity contribution in [3.63, 3.8) is 0 Å². The summed E-state index contributed by atoms with van der Waals surface area (Å²) in [5.41, 5.74) is -3.06. The summed E-state index contributed by atoms with van der Waals surface area (Å²) in [7, 11) is 0. The van der Waals surface area contributed by atoms with Crippen LogP contribution in [-0.4, -0.2) is 0 Å². The van der Waals surface area contributed by atoms with E-state index in [1.54, 1.807) is 48.5 Å². The lowest BCUT2D eigenvalue weighted by Gasteiger charge is -2.19. The van der Waals surface area contributed by atoms with Gasteiger partial charge in [0.05, 0.1) is 30.2 Å². The highest BCUT2D eigenvalue weighted by molar-refractivity contribution is 6.23. The van der Waals surface area contributed by atoms with Crippen molar-refractivity contribution < 1.29 is 34.6 Å². The lowest BCUT2D eigenvalue weighted by atomic mass is 9.83. The minimum Gasteiger partial charge on any atom is -0.455 e. The van der Waals surface area contributed by atoms with Gasteiger partial charge in [-0.05, 0) is 89.6 Å². The third kappa shape index (κ3) is 4.40. The molecule has 1 heterocycles. The van der Waals surface area contributed by atoms with Crippen molar-refractivity contribution in [1.29, 1.82) is 0 Å². The van der Waals surface area contributed by atoms with E-state index >= 15 is 0 Å². The van der Waals surface area contributed by atoms with Crippen LogP contribution in [0.4, 0.5) is 0 Å². The molecule has 1 heteroatoms. The summed E-state index contributed by atoms with van der Waals surface area (Å²) in [6.07, 6.45) is 0. The minimum atomic E-state index is -0.856. The van der Waals surface area contributed by atoms with Crippen molar-refractivity contribution in [3.05, 3.63) is 181 Å². The second kappa shape index (κ2) is 11.1. The maximum Gasteiger partial charge on any atom is 0.143 e. The fourth-order valence-electron chi connectivity index (χ4n) is 6.32. The van der Waals surface area contributed by atoms with E-state index < -0.39 is 155 Å². The van der Waals surface area contributed by atoms with Crippen LogP contribution in [0.1, 0.15) is 30.2 Å². The second-order valence-corrected chi connectivity index (χ2v) is 11.1. The van der Waals surface area contributed by atoms with E-state index in [4.69, 9.17) is 25.0 Å². The molecular weight excluding hydrogens is 593 g/mol. The predicted octanol–water partition coefficient (Wildman–Crippen LogP) is 13.7. The van der Waals surface area contributed by atoms with E-state index in [1.165, 1.54) is 0 Å². The number of benzene rings is 9. The fraction of sp³-hybridized carbons (Fsp3) is 0. The van der Waals surface area contributed by atoms with Gasteiger partial charge < -0.3 is 4.42 Å². The third-order valence-corrected chi connectivity index (χ3v) is 8.43. The van der Waals surface area contributed by atoms with Gasteiger partial charge in [0, 0.05) is 16.2 Å². The SMILES string of the molecule is [2H]c1c([2H])c([2H])c(-c2c([2H])c([2H])c(-c3c([2H])c([2H])c([2H])c([2H])c3-c3c4ccccc4c(-c4c([2H])c([2H])c5c(oc6c7c([2H])c([2H])c([2H])c([2H])c7c([2H])c([2H])c65)c4[2H])c4ccccc34)c([2H])c2[2H])c([2H])c1[2H]. The van der Waals surface area contributed by atoms with Gasteiger partial charge in [-0.15, -0.1) is 0 Å². The van der Waals surface area contributed by atoms with Gasteiger partial charge in [-0.25, -0.2) is 0 Å². The normalized spacial score (nSPS) is 18.0. The van der Waals surface area contributed by atoms with Crippen molar-refractivity contribution in [2.45, 2.75) is 0 Å². The van der Waals surface area contributed by atoms with Crippen LogP contribution in [0, 0.1) is 0 Å². The highest BCUT2D eigenvalue weighted by Crippen LogP contribution is 2.47. The summed E-state index contributed by atoms with van der Waals surface area (Å²) >= 11 is 0. The Morgan fingerprint density at radius 1 is 0.367 bits per heavy atom. The topological polar surface area (TPSA) is 13.1 Å². The number of furan rings is 1. The first-order chi connectivity index (χ1) is 33.5. The van der Waals surface area contributed by atoms with Gasteiger partial charge in [-0.2, -0.15) is 0 Å². The summed E-state index contributed by atoms with van der Waals surface area (Å²) < 4.78 is 202. The molecule has 0 bridgehead atoms. The average Bonchev–Trinajstić information content (AvgIpc) is 3.77. The summed E-state index contributed by atoms with van der Waals surface area (Å²) in [4.78, 5) is 0. The molecule has 49 heavy (non-hydrogen) atoms. The van der Waals surface area contributed by atoms with Crippen molar-refractivity contribution in [2.24, 2.45) is 0 Å². The van der Waals surface area contributed by atoms with Crippen molar-refractivity contribution in [2.75, 3.05) is 0 Å². The van der Waals surface area contributed by atoms with Crippen molar-refractivity contribution >= 4 is 54.3 Å². The third-order valence-electron chi connectivity index (χ3n) is 8.43. The first-order valence-corrected chi connectivity index (χ1v) is 15.1. The van der Waals surface area contributed by atoms with Crippen molar-refractivity contribution in [3.8, 4) is 44.5 Å². The Balaban J connectivity index is 1.33. The van der Waals surface area contributed by atoms with Crippen LogP contribution in [0.15, 0.2) is 186 Å². The van der Waals surface area contributed by atoms with E-state index in [0.29, 0.717) is 0 Å². The molecule has 0 saturated heterocycles. The Hall–Kier alpha value is -6.44. The summed E-state index contributed by atoms with van der Waals surface area (Å²) in [6, 6.07) is -2.45. The zero-order valence-corrected chi connectivity index (χ0v) is 25.0. The lowest BCUT2D eigenvalue weighted by Crippen LogP contribution is -1.92. The molecule has 0 amide bonds. The first-order valence-electron chi connectivity index (χ1n) is 26.1. The predicted molar refractivity (Wildman–Crippen MR) is 208 cm³/mol. The van der Waals surface area contributed by atoms with Gasteiger partial charge >= 0.3 is 0 Å². The molecule has 1 aromatic heterocycles. The molecule has 0 N–H and O–H groups in total. The quantitative estimate of drug-likeness (QED) is 0.174. The standard InChI is InChI=1S/C48H30O/c1-2-12-31(13-3-1)32-22-24-34(25-23-32)36-15-6-7-17-39(36)47-42-20-10-8-18-40(42)46(41-19-9-11-21-43(41)47)35-27-28-38-44-29-26-33-14-4-5-16-37(33)48(44)49-45(38)30-35/h1-30H/i1D,2D,3D,4D,5D,6D,7D,12D,13D,14D,15D,16D,17D,22D,23D,24D,25D,26D,27D,28D,29D,30D. The Bertz CT molecular complexity index is 4030. The smallest absolute Gasteiger partial charge is 0.143 e. The monoisotopic (exact) mass is 644 g/mol. The van der Waals surface area contributed by atoms with Gasteiger partial charge in [0.25, 0.3) is 0 Å². The molecule has 10 rings (SSSR count). The molecule has 0 spiro atoms. The Morgan fingerprint density at radius 3 is 1.65 bits per heavy atom. The maximum absolute atomic E-state index is 9.72.